The van der Waals surface area contributed by atoms with Crippen molar-refractivity contribution in [2.24, 2.45) is 5.92 Å². The van der Waals surface area contributed by atoms with E-state index in [1.807, 2.05) is 4.90 Å². The summed E-state index contributed by atoms with van der Waals surface area (Å²) in [5, 5.41) is 2.92. The Kier molecular flexibility index (Phi) is 5.23. The molecule has 7 nitrogen and oxygen atoms in total. The minimum atomic E-state index is -0.173. The van der Waals surface area contributed by atoms with Crippen molar-refractivity contribution < 1.29 is 9.59 Å². The van der Waals surface area contributed by atoms with E-state index in [9.17, 15) is 14.4 Å². The molecule has 1 aromatic carbocycles. The van der Waals surface area contributed by atoms with Crippen molar-refractivity contribution in [2.45, 2.75) is 38.0 Å². The number of aromatic amines is 1. The largest absolute Gasteiger partial charge is 0.338 e. The van der Waals surface area contributed by atoms with Crippen LogP contribution in [0.2, 0.25) is 0 Å². The molecule has 1 saturated heterocycles. The van der Waals surface area contributed by atoms with Crippen LogP contribution in [0.25, 0.3) is 0 Å². The van der Waals surface area contributed by atoms with Gasteiger partial charge in [0.05, 0.1) is 12.0 Å². The molecular formula is C21H24N4O3. The molecule has 2 heterocycles. The number of aromatic nitrogens is 2. The molecule has 146 valence electrons. The van der Waals surface area contributed by atoms with Crippen LogP contribution in [0.5, 0.6) is 0 Å². The Balaban J connectivity index is 1.40. The molecule has 0 bridgehead atoms. The van der Waals surface area contributed by atoms with Gasteiger partial charge < -0.3 is 15.2 Å². The average molecular weight is 380 g/mol. The first-order valence-corrected chi connectivity index (χ1v) is 9.85. The van der Waals surface area contributed by atoms with E-state index in [1.165, 1.54) is 12.4 Å². The number of nitrogens with one attached hydrogen (secondary N) is 2. The molecule has 1 aliphatic carbocycles. The molecule has 4 rings (SSSR count). The molecule has 2 amide bonds. The van der Waals surface area contributed by atoms with Gasteiger partial charge in [-0.15, -0.1) is 0 Å². The van der Waals surface area contributed by atoms with Gasteiger partial charge in [-0.3, -0.25) is 14.4 Å². The van der Waals surface area contributed by atoms with Gasteiger partial charge in [0.1, 0.15) is 0 Å². The minimum absolute atomic E-state index is 0.0357. The maximum Gasteiger partial charge on any atom is 0.253 e. The van der Waals surface area contributed by atoms with E-state index in [0.29, 0.717) is 18.7 Å². The number of benzene rings is 1. The zero-order valence-corrected chi connectivity index (χ0v) is 15.7. The van der Waals surface area contributed by atoms with Gasteiger partial charge in [0.2, 0.25) is 5.91 Å². The van der Waals surface area contributed by atoms with Crippen molar-refractivity contribution in [3.8, 4) is 0 Å². The standard InChI is InChI=1S/C21H24N4O3/c26-19-11-18(22-13-23-19)16-5-2-10-25(12-16)21(28)15-6-8-17(9-7-15)24-20(27)14-3-1-4-14/h6-9,11,13-14,16H,1-5,10,12H2,(H,24,27)(H,22,23,26). The first-order chi connectivity index (χ1) is 13.6. The summed E-state index contributed by atoms with van der Waals surface area (Å²) in [4.78, 5) is 45.1. The molecule has 0 spiro atoms. The Morgan fingerprint density at radius 3 is 2.57 bits per heavy atom. The molecule has 1 unspecified atom stereocenters. The van der Waals surface area contributed by atoms with Gasteiger partial charge in [0, 0.05) is 42.2 Å². The molecule has 1 saturated carbocycles. The number of nitrogens with zero attached hydrogens (tertiary/aromatic N) is 2. The fourth-order valence-electron chi connectivity index (χ4n) is 3.80. The second-order valence-electron chi connectivity index (χ2n) is 7.62. The predicted molar refractivity (Wildman–Crippen MR) is 105 cm³/mol. The monoisotopic (exact) mass is 380 g/mol. The second kappa shape index (κ2) is 7.96. The number of piperidine rings is 1. The second-order valence-corrected chi connectivity index (χ2v) is 7.62. The number of hydrogen-bond acceptors (Lipinski definition) is 4. The summed E-state index contributed by atoms with van der Waals surface area (Å²) in [7, 11) is 0. The van der Waals surface area contributed by atoms with Crippen LogP contribution >= 0.6 is 0 Å². The zero-order chi connectivity index (χ0) is 19.5. The summed E-state index contributed by atoms with van der Waals surface area (Å²) >= 11 is 0. The quantitative estimate of drug-likeness (QED) is 0.852. The normalized spacial score (nSPS) is 19.7. The summed E-state index contributed by atoms with van der Waals surface area (Å²) in [5.74, 6) is 0.229. The minimum Gasteiger partial charge on any atom is -0.338 e. The zero-order valence-electron chi connectivity index (χ0n) is 15.7. The Labute approximate surface area is 163 Å². The van der Waals surface area contributed by atoms with Crippen molar-refractivity contribution in [3.05, 3.63) is 58.3 Å². The Morgan fingerprint density at radius 1 is 1.11 bits per heavy atom. The van der Waals surface area contributed by atoms with Gasteiger partial charge in [0.15, 0.2) is 0 Å². The van der Waals surface area contributed by atoms with E-state index >= 15 is 0 Å². The van der Waals surface area contributed by atoms with Crippen molar-refractivity contribution in [3.63, 3.8) is 0 Å². The van der Waals surface area contributed by atoms with Gasteiger partial charge in [-0.1, -0.05) is 6.42 Å². The van der Waals surface area contributed by atoms with Gasteiger partial charge in [0.25, 0.3) is 11.5 Å². The van der Waals surface area contributed by atoms with E-state index in [-0.39, 0.29) is 29.2 Å². The summed E-state index contributed by atoms with van der Waals surface area (Å²) in [5.41, 5.74) is 1.88. The summed E-state index contributed by atoms with van der Waals surface area (Å²) in [6.45, 7) is 1.24. The maximum atomic E-state index is 12.9. The van der Waals surface area contributed by atoms with Crippen LogP contribution in [0.4, 0.5) is 5.69 Å². The first kappa shape index (κ1) is 18.4. The maximum absolute atomic E-state index is 12.9. The molecule has 1 aromatic heterocycles. The summed E-state index contributed by atoms with van der Waals surface area (Å²) in [6.07, 6.45) is 6.23. The van der Waals surface area contributed by atoms with Crippen LogP contribution in [0, 0.1) is 5.92 Å². The van der Waals surface area contributed by atoms with Gasteiger partial charge in [-0.2, -0.15) is 0 Å². The number of rotatable bonds is 4. The topological polar surface area (TPSA) is 95.2 Å². The van der Waals surface area contributed by atoms with Crippen LogP contribution in [-0.4, -0.2) is 39.8 Å². The molecule has 28 heavy (non-hydrogen) atoms. The molecular weight excluding hydrogens is 356 g/mol. The van der Waals surface area contributed by atoms with E-state index in [4.69, 9.17) is 0 Å². The Bertz CT molecular complexity index is 918. The fraction of sp³-hybridized carbons (Fsp3) is 0.429. The molecule has 1 atom stereocenters. The SMILES string of the molecule is O=C(Nc1ccc(C(=O)N2CCCC(c3cc(=O)[nH]cn3)C2)cc1)C1CCC1. The lowest BCUT2D eigenvalue weighted by molar-refractivity contribution is -0.122. The smallest absolute Gasteiger partial charge is 0.253 e. The highest BCUT2D eigenvalue weighted by molar-refractivity contribution is 5.96. The summed E-state index contributed by atoms with van der Waals surface area (Å²) < 4.78 is 0. The lowest BCUT2D eigenvalue weighted by Gasteiger charge is -2.32. The Morgan fingerprint density at radius 2 is 1.89 bits per heavy atom. The highest BCUT2D eigenvalue weighted by atomic mass is 16.2. The average Bonchev–Trinajstić information content (AvgIpc) is 2.67. The number of carbonyl (C=O) groups is 2. The Hall–Kier alpha value is -2.96. The molecule has 1 aliphatic heterocycles. The van der Waals surface area contributed by atoms with Crippen molar-refractivity contribution >= 4 is 17.5 Å². The number of anilines is 1. The third-order valence-corrected chi connectivity index (χ3v) is 5.70. The lowest BCUT2D eigenvalue weighted by Crippen LogP contribution is -2.39. The van der Waals surface area contributed by atoms with Crippen molar-refractivity contribution in [1.29, 1.82) is 0 Å². The fourth-order valence-corrected chi connectivity index (χ4v) is 3.80. The van der Waals surface area contributed by atoms with Crippen molar-refractivity contribution in [2.75, 3.05) is 18.4 Å². The van der Waals surface area contributed by atoms with Crippen molar-refractivity contribution in [1.82, 2.24) is 14.9 Å². The molecule has 2 fully saturated rings. The third-order valence-electron chi connectivity index (χ3n) is 5.70. The van der Waals surface area contributed by atoms with Crippen LogP contribution < -0.4 is 10.9 Å². The van der Waals surface area contributed by atoms with Gasteiger partial charge >= 0.3 is 0 Å². The lowest BCUT2D eigenvalue weighted by atomic mass is 9.85. The molecule has 2 N–H and O–H groups in total. The highest BCUT2D eigenvalue weighted by Crippen LogP contribution is 2.28. The number of H-pyrrole nitrogens is 1. The van der Waals surface area contributed by atoms with E-state index in [0.717, 1.165) is 43.5 Å². The third kappa shape index (κ3) is 3.98. The molecule has 7 heteroatoms. The molecule has 2 aromatic rings. The highest BCUT2D eigenvalue weighted by Gasteiger charge is 2.27. The number of likely N-dealkylation sites (tertiary alicyclic amines) is 1. The summed E-state index contributed by atoms with van der Waals surface area (Å²) in [6, 6.07) is 8.59. The van der Waals surface area contributed by atoms with Gasteiger partial charge in [-0.05, 0) is 49.9 Å². The number of amides is 2. The van der Waals surface area contributed by atoms with E-state index in [2.05, 4.69) is 15.3 Å². The van der Waals surface area contributed by atoms with Crippen LogP contribution in [-0.2, 0) is 4.79 Å². The van der Waals surface area contributed by atoms with Crippen LogP contribution in [0.1, 0.15) is 54.1 Å². The van der Waals surface area contributed by atoms with Crippen LogP contribution in [0.3, 0.4) is 0 Å². The molecule has 2 aliphatic rings. The number of hydrogen-bond donors (Lipinski definition) is 2. The predicted octanol–water partition coefficient (Wildman–Crippen LogP) is 2.53. The first-order valence-electron chi connectivity index (χ1n) is 9.85. The van der Waals surface area contributed by atoms with E-state index in [1.54, 1.807) is 24.3 Å². The number of carbonyl (C=O) groups excluding carboxylic acids is 2. The van der Waals surface area contributed by atoms with Gasteiger partial charge in [-0.25, -0.2) is 4.98 Å². The molecule has 0 radical (unpaired) electrons. The van der Waals surface area contributed by atoms with Crippen LogP contribution in [0.15, 0.2) is 41.5 Å². The van der Waals surface area contributed by atoms with E-state index < -0.39 is 0 Å².